The monoisotopic (exact) mass is 496 g/mol. The lowest BCUT2D eigenvalue weighted by atomic mass is 10.2. The fourth-order valence-electron chi connectivity index (χ4n) is 2.19. The molecular weight excluding hydrogens is 454 g/mol. The van der Waals surface area contributed by atoms with Crippen LogP contribution < -0.4 is 0 Å². The first-order chi connectivity index (χ1) is 14.9. The molecule has 0 aliphatic carbocycles. The predicted octanol–water partition coefficient (Wildman–Crippen LogP) is 8.40. The van der Waals surface area contributed by atoms with E-state index in [0.717, 1.165) is 11.1 Å². The van der Waals surface area contributed by atoms with Gasteiger partial charge in [0.2, 0.25) is 0 Å². The first-order valence-electron chi connectivity index (χ1n) is 11.4. The third-order valence-corrected chi connectivity index (χ3v) is 15.7. The highest BCUT2D eigenvalue weighted by Crippen LogP contribution is 2.38. The van der Waals surface area contributed by atoms with Crippen LogP contribution in [0.2, 0.25) is 36.3 Å². The Morgan fingerprint density at radius 2 is 1.09 bits per heavy atom. The molecule has 186 valence electrons. The molecule has 2 aromatic rings. The minimum Gasteiger partial charge on any atom is -0.505 e. The number of phenols is 1. The van der Waals surface area contributed by atoms with Crippen molar-refractivity contribution in [2.24, 2.45) is 0 Å². The molecule has 7 heteroatoms. The van der Waals surface area contributed by atoms with Crippen LogP contribution in [-0.2, 0) is 22.1 Å². The van der Waals surface area contributed by atoms with E-state index in [2.05, 4.69) is 67.7 Å². The van der Waals surface area contributed by atoms with Crippen LogP contribution >= 0.6 is 0 Å². The van der Waals surface area contributed by atoms with E-state index in [1.165, 1.54) is 24.3 Å². The quantitative estimate of drug-likeness (QED) is 0.408. The molecule has 3 nitrogen and oxygen atoms in total. The average molecular weight is 497 g/mol. The van der Waals surface area contributed by atoms with Crippen molar-refractivity contribution in [3.63, 3.8) is 0 Å². The highest BCUT2D eigenvalue weighted by atomic mass is 28.4. The molecule has 0 aliphatic rings. The van der Waals surface area contributed by atoms with Crippen molar-refractivity contribution in [3.8, 4) is 5.75 Å². The predicted molar refractivity (Wildman–Crippen MR) is 138 cm³/mol. The fourth-order valence-corrected chi connectivity index (χ4v) is 4.11. The first-order valence-corrected chi connectivity index (χ1v) is 17.2. The van der Waals surface area contributed by atoms with E-state index in [4.69, 9.17) is 8.85 Å². The molecule has 0 saturated carbocycles. The van der Waals surface area contributed by atoms with Gasteiger partial charge in [0, 0.05) is 0 Å². The summed E-state index contributed by atoms with van der Waals surface area (Å²) in [4.78, 5) is 0. The summed E-state index contributed by atoms with van der Waals surface area (Å²) >= 11 is 0. The fraction of sp³-hybridized carbons (Fsp3) is 0.538. The molecule has 0 radical (unpaired) electrons. The second-order valence-corrected chi connectivity index (χ2v) is 21.1. The second kappa shape index (κ2) is 11.3. The highest BCUT2D eigenvalue weighted by molar-refractivity contribution is 6.74. The van der Waals surface area contributed by atoms with E-state index in [-0.39, 0.29) is 21.6 Å². The maximum atomic E-state index is 12.9. The number of halogens is 2. The zero-order chi connectivity index (χ0) is 25.7. The van der Waals surface area contributed by atoms with E-state index in [1.807, 2.05) is 0 Å². The van der Waals surface area contributed by atoms with Crippen molar-refractivity contribution < 1.29 is 22.7 Å². The molecular formula is C26H42F2O3Si2. The van der Waals surface area contributed by atoms with Gasteiger partial charge in [-0.3, -0.25) is 0 Å². The third kappa shape index (κ3) is 9.31. The number of rotatable bonds is 6. The summed E-state index contributed by atoms with van der Waals surface area (Å²) in [7, 11) is -3.49. The normalized spacial score (nSPS) is 12.8. The summed E-state index contributed by atoms with van der Waals surface area (Å²) < 4.78 is 37.6. The van der Waals surface area contributed by atoms with Gasteiger partial charge in [-0.25, -0.2) is 8.78 Å². The van der Waals surface area contributed by atoms with Gasteiger partial charge in [0.05, 0.1) is 13.2 Å². The van der Waals surface area contributed by atoms with Crippen LogP contribution in [-0.4, -0.2) is 21.7 Å². The topological polar surface area (TPSA) is 38.7 Å². The van der Waals surface area contributed by atoms with Crippen molar-refractivity contribution >= 4 is 16.6 Å². The molecule has 33 heavy (non-hydrogen) atoms. The van der Waals surface area contributed by atoms with Crippen molar-refractivity contribution in [2.75, 3.05) is 0 Å². The largest absolute Gasteiger partial charge is 0.505 e. The van der Waals surface area contributed by atoms with E-state index in [9.17, 15) is 13.9 Å². The Kier molecular flexibility index (Phi) is 10.1. The molecule has 0 bridgehead atoms. The minimum atomic E-state index is -1.79. The molecule has 0 heterocycles. The van der Waals surface area contributed by atoms with Gasteiger partial charge in [-0.05, 0) is 71.7 Å². The summed E-state index contributed by atoms with van der Waals surface area (Å²) in [6, 6.07) is 10.8. The van der Waals surface area contributed by atoms with Crippen LogP contribution in [0.4, 0.5) is 8.78 Å². The van der Waals surface area contributed by atoms with Crippen LogP contribution in [0.3, 0.4) is 0 Å². The van der Waals surface area contributed by atoms with E-state index >= 15 is 0 Å². The molecule has 2 aromatic carbocycles. The van der Waals surface area contributed by atoms with Crippen molar-refractivity contribution in [1.82, 2.24) is 0 Å². The van der Waals surface area contributed by atoms with Crippen molar-refractivity contribution in [1.29, 1.82) is 0 Å². The second-order valence-electron chi connectivity index (χ2n) is 11.5. The summed E-state index contributed by atoms with van der Waals surface area (Å²) in [6.07, 6.45) is 0. The number of hydrogen-bond acceptors (Lipinski definition) is 3. The van der Waals surface area contributed by atoms with Crippen LogP contribution in [0.25, 0.3) is 0 Å². The zero-order valence-corrected chi connectivity index (χ0v) is 24.0. The molecule has 0 unspecified atom stereocenters. The Labute approximate surface area is 201 Å². The lowest BCUT2D eigenvalue weighted by Crippen LogP contribution is -2.40. The molecule has 2 rings (SSSR count). The van der Waals surface area contributed by atoms with Crippen LogP contribution in [0.15, 0.2) is 42.5 Å². The molecule has 0 saturated heterocycles. The Bertz CT molecular complexity index is 884. The number of phenolic OH excluding ortho intramolecular Hbond substituents is 1. The lowest BCUT2D eigenvalue weighted by molar-refractivity contribution is 0.275. The van der Waals surface area contributed by atoms with Gasteiger partial charge in [0.1, 0.15) is 5.82 Å². The Hall–Kier alpha value is -1.55. The SMILES string of the molecule is CC(C)(C)[Si](C)(C)OCc1ccc(F)c(O)c1.CC(C)(C)[Si](C)(C)OCc1ccc(F)cc1. The summed E-state index contributed by atoms with van der Waals surface area (Å²) in [6.45, 7) is 22.9. The number of aromatic hydroxyl groups is 1. The zero-order valence-electron chi connectivity index (χ0n) is 22.0. The smallest absolute Gasteiger partial charge is 0.192 e. The summed E-state index contributed by atoms with van der Waals surface area (Å²) in [5, 5.41) is 9.63. The Morgan fingerprint density at radius 3 is 1.48 bits per heavy atom. The van der Waals surface area contributed by atoms with Crippen LogP contribution in [0, 0.1) is 11.6 Å². The molecule has 0 atom stereocenters. The van der Waals surface area contributed by atoms with Gasteiger partial charge < -0.3 is 14.0 Å². The molecule has 0 aromatic heterocycles. The van der Waals surface area contributed by atoms with Crippen LogP contribution in [0.1, 0.15) is 52.7 Å². The van der Waals surface area contributed by atoms with Crippen LogP contribution in [0.5, 0.6) is 5.75 Å². The van der Waals surface area contributed by atoms with Gasteiger partial charge in [0.25, 0.3) is 0 Å². The molecule has 1 N–H and O–H groups in total. The standard InChI is InChI=1S/C13H21FO2Si.C13H21FOSi/c1-13(2,3)17(4,5)16-9-10-6-7-11(14)12(15)8-10;1-13(2,3)16(4,5)15-10-11-6-8-12(14)9-7-11/h6-8,15H,9H2,1-5H3;6-9H,10H2,1-5H3. The van der Waals surface area contributed by atoms with E-state index in [1.54, 1.807) is 18.2 Å². The number of benzene rings is 2. The first kappa shape index (κ1) is 29.5. The van der Waals surface area contributed by atoms with Gasteiger partial charge in [0.15, 0.2) is 28.2 Å². The van der Waals surface area contributed by atoms with Gasteiger partial charge in [-0.1, -0.05) is 59.7 Å². The van der Waals surface area contributed by atoms with E-state index in [0.29, 0.717) is 13.2 Å². The lowest BCUT2D eigenvalue weighted by Gasteiger charge is -2.36. The summed E-state index contributed by atoms with van der Waals surface area (Å²) in [5.41, 5.74) is 1.83. The highest BCUT2D eigenvalue weighted by Gasteiger charge is 2.37. The Balaban J connectivity index is 0.000000331. The molecule has 0 aliphatic heterocycles. The number of hydrogen-bond donors (Lipinski definition) is 1. The maximum absolute atomic E-state index is 12.9. The maximum Gasteiger partial charge on any atom is 0.192 e. The third-order valence-electron chi connectivity index (χ3n) is 6.74. The van der Waals surface area contributed by atoms with Crippen molar-refractivity contribution in [3.05, 3.63) is 65.2 Å². The summed E-state index contributed by atoms with van der Waals surface area (Å²) in [5.74, 6) is -1.11. The van der Waals surface area contributed by atoms with Gasteiger partial charge >= 0.3 is 0 Å². The minimum absolute atomic E-state index is 0.148. The average Bonchev–Trinajstić information content (AvgIpc) is 2.67. The van der Waals surface area contributed by atoms with Gasteiger partial charge in [-0.15, -0.1) is 0 Å². The Morgan fingerprint density at radius 1 is 0.697 bits per heavy atom. The molecule has 0 amide bonds. The molecule has 0 fully saturated rings. The van der Waals surface area contributed by atoms with Gasteiger partial charge in [-0.2, -0.15) is 0 Å². The van der Waals surface area contributed by atoms with Crippen molar-refractivity contribution in [2.45, 2.75) is 91.0 Å². The van der Waals surface area contributed by atoms with E-state index < -0.39 is 22.5 Å². The molecule has 0 spiro atoms.